The third kappa shape index (κ3) is 4.29. The second-order valence-corrected chi connectivity index (χ2v) is 8.69. The summed E-state index contributed by atoms with van der Waals surface area (Å²) in [7, 11) is -3.28. The number of aromatic nitrogens is 1. The molecule has 1 saturated heterocycles. The van der Waals surface area contributed by atoms with Gasteiger partial charge in [0.25, 0.3) is 0 Å². The molecule has 1 aliphatic heterocycles. The Kier molecular flexibility index (Phi) is 5.27. The molecule has 2 aromatic rings. The van der Waals surface area contributed by atoms with Crippen molar-refractivity contribution >= 4 is 10.0 Å². The number of piperazine rings is 1. The van der Waals surface area contributed by atoms with Crippen LogP contribution in [-0.4, -0.2) is 49.0 Å². The molecule has 136 valence electrons. The van der Waals surface area contributed by atoms with Gasteiger partial charge in [0.05, 0.1) is 11.4 Å². The molecule has 3 rings (SSSR count). The largest absolute Gasteiger partial charge is 0.361 e. The Balaban J connectivity index is 1.58. The normalized spacial score (nSPS) is 17.1. The fourth-order valence-corrected chi connectivity index (χ4v) is 4.62. The summed E-state index contributed by atoms with van der Waals surface area (Å²) in [5, 5.41) is 3.98. The zero-order valence-electron chi connectivity index (χ0n) is 15.0. The summed E-state index contributed by atoms with van der Waals surface area (Å²) >= 11 is 0. The van der Waals surface area contributed by atoms with Crippen molar-refractivity contribution in [1.82, 2.24) is 14.4 Å². The van der Waals surface area contributed by atoms with Crippen molar-refractivity contribution in [2.45, 2.75) is 33.1 Å². The van der Waals surface area contributed by atoms with Crippen LogP contribution >= 0.6 is 0 Å². The Morgan fingerprint density at radius 3 is 2.24 bits per heavy atom. The van der Waals surface area contributed by atoms with Gasteiger partial charge in [0.15, 0.2) is 0 Å². The molecular formula is C18H25N3O3S. The second kappa shape index (κ2) is 7.27. The molecule has 0 aliphatic carbocycles. The summed E-state index contributed by atoms with van der Waals surface area (Å²) in [4.78, 5) is 2.25. The number of rotatable bonds is 5. The zero-order valence-corrected chi connectivity index (χ0v) is 15.8. The number of benzene rings is 1. The van der Waals surface area contributed by atoms with Gasteiger partial charge in [-0.3, -0.25) is 4.90 Å². The molecule has 0 saturated carbocycles. The molecule has 1 aliphatic rings. The van der Waals surface area contributed by atoms with Crippen molar-refractivity contribution < 1.29 is 12.9 Å². The van der Waals surface area contributed by atoms with Crippen molar-refractivity contribution in [3.8, 4) is 0 Å². The Morgan fingerprint density at radius 2 is 1.68 bits per heavy atom. The molecule has 0 radical (unpaired) electrons. The number of hydrogen-bond acceptors (Lipinski definition) is 5. The maximum atomic E-state index is 12.7. The van der Waals surface area contributed by atoms with Gasteiger partial charge >= 0.3 is 0 Å². The number of sulfonamides is 1. The van der Waals surface area contributed by atoms with Crippen LogP contribution in [0, 0.1) is 20.8 Å². The summed E-state index contributed by atoms with van der Waals surface area (Å²) < 4.78 is 32.1. The van der Waals surface area contributed by atoms with E-state index < -0.39 is 10.0 Å². The van der Waals surface area contributed by atoms with Crippen molar-refractivity contribution in [3.05, 3.63) is 52.4 Å². The molecule has 2 heterocycles. The van der Waals surface area contributed by atoms with E-state index in [2.05, 4.69) is 10.1 Å². The maximum absolute atomic E-state index is 12.7. The van der Waals surface area contributed by atoms with E-state index in [0.29, 0.717) is 13.1 Å². The van der Waals surface area contributed by atoms with Crippen LogP contribution in [0.1, 0.15) is 28.1 Å². The van der Waals surface area contributed by atoms with Crippen LogP contribution < -0.4 is 0 Å². The standard InChI is InChI=1S/C18H25N3O3S/c1-14-4-6-17(7-5-14)13-25(22,23)21-10-8-20(9-11-21)12-18-15(2)19-24-16(18)3/h4-7H,8-13H2,1-3H3. The van der Waals surface area contributed by atoms with Crippen molar-refractivity contribution in [2.24, 2.45) is 0 Å². The lowest BCUT2D eigenvalue weighted by Gasteiger charge is -2.34. The molecule has 25 heavy (non-hydrogen) atoms. The first-order chi connectivity index (χ1) is 11.8. The van der Waals surface area contributed by atoms with E-state index in [-0.39, 0.29) is 5.75 Å². The summed E-state index contributed by atoms with van der Waals surface area (Å²) in [6.07, 6.45) is 0. The second-order valence-electron chi connectivity index (χ2n) is 6.72. The van der Waals surface area contributed by atoms with E-state index in [1.54, 1.807) is 4.31 Å². The van der Waals surface area contributed by atoms with Crippen LogP contribution in [-0.2, 0) is 22.3 Å². The third-order valence-corrected chi connectivity index (χ3v) is 6.61. The SMILES string of the molecule is Cc1ccc(CS(=O)(=O)N2CCN(Cc3c(C)noc3C)CC2)cc1. The van der Waals surface area contributed by atoms with E-state index in [1.165, 1.54) is 0 Å². The van der Waals surface area contributed by atoms with Gasteiger partial charge in [0.1, 0.15) is 5.76 Å². The van der Waals surface area contributed by atoms with Crippen LogP contribution in [0.5, 0.6) is 0 Å². The minimum atomic E-state index is -3.28. The predicted molar refractivity (Wildman–Crippen MR) is 96.6 cm³/mol. The minimum Gasteiger partial charge on any atom is -0.361 e. The first-order valence-corrected chi connectivity index (χ1v) is 10.1. The monoisotopic (exact) mass is 363 g/mol. The van der Waals surface area contributed by atoms with Gasteiger partial charge in [-0.15, -0.1) is 0 Å². The van der Waals surface area contributed by atoms with Gasteiger partial charge in [0, 0.05) is 38.3 Å². The molecule has 1 aromatic carbocycles. The first kappa shape index (κ1) is 18.1. The van der Waals surface area contributed by atoms with Crippen molar-refractivity contribution in [2.75, 3.05) is 26.2 Å². The Morgan fingerprint density at radius 1 is 1.04 bits per heavy atom. The lowest BCUT2D eigenvalue weighted by atomic mass is 10.2. The van der Waals surface area contributed by atoms with Gasteiger partial charge in [0.2, 0.25) is 10.0 Å². The van der Waals surface area contributed by atoms with E-state index in [0.717, 1.165) is 47.8 Å². The molecule has 0 N–H and O–H groups in total. The van der Waals surface area contributed by atoms with Crippen LogP contribution in [0.15, 0.2) is 28.8 Å². The molecule has 0 amide bonds. The summed E-state index contributed by atoms with van der Waals surface area (Å²) in [5.74, 6) is 0.906. The lowest BCUT2D eigenvalue weighted by molar-refractivity contribution is 0.180. The fourth-order valence-electron chi connectivity index (χ4n) is 3.10. The van der Waals surface area contributed by atoms with Gasteiger partial charge in [-0.1, -0.05) is 35.0 Å². The highest BCUT2D eigenvalue weighted by Gasteiger charge is 2.27. The Labute approximate surface area is 149 Å². The van der Waals surface area contributed by atoms with Gasteiger partial charge in [-0.25, -0.2) is 8.42 Å². The van der Waals surface area contributed by atoms with Crippen LogP contribution in [0.25, 0.3) is 0 Å². The van der Waals surface area contributed by atoms with Gasteiger partial charge in [-0.05, 0) is 26.3 Å². The van der Waals surface area contributed by atoms with Gasteiger partial charge < -0.3 is 4.52 Å². The predicted octanol–water partition coefficient (Wildman–Crippen LogP) is 2.25. The average Bonchev–Trinajstić information content (AvgIpc) is 2.89. The molecule has 0 atom stereocenters. The number of hydrogen-bond donors (Lipinski definition) is 0. The van der Waals surface area contributed by atoms with Crippen molar-refractivity contribution in [1.29, 1.82) is 0 Å². The average molecular weight is 363 g/mol. The minimum absolute atomic E-state index is 0.0666. The van der Waals surface area contributed by atoms with Crippen LogP contribution in [0.3, 0.4) is 0 Å². The van der Waals surface area contributed by atoms with E-state index in [1.807, 2.05) is 45.0 Å². The summed E-state index contributed by atoms with van der Waals surface area (Å²) in [5.41, 5.74) is 3.99. The highest BCUT2D eigenvalue weighted by molar-refractivity contribution is 7.88. The van der Waals surface area contributed by atoms with E-state index in [9.17, 15) is 8.42 Å². The molecular weight excluding hydrogens is 338 g/mol. The van der Waals surface area contributed by atoms with Gasteiger partial charge in [-0.2, -0.15) is 4.31 Å². The highest BCUT2D eigenvalue weighted by Crippen LogP contribution is 2.18. The molecule has 0 bridgehead atoms. The molecule has 1 aromatic heterocycles. The fraction of sp³-hybridized carbons (Fsp3) is 0.500. The topological polar surface area (TPSA) is 66.7 Å². The molecule has 6 nitrogen and oxygen atoms in total. The Bertz CT molecular complexity index is 800. The molecule has 1 fully saturated rings. The maximum Gasteiger partial charge on any atom is 0.218 e. The van der Waals surface area contributed by atoms with Crippen molar-refractivity contribution in [3.63, 3.8) is 0 Å². The Hall–Kier alpha value is -1.70. The molecule has 0 unspecified atom stereocenters. The summed E-state index contributed by atoms with van der Waals surface area (Å²) in [6, 6.07) is 7.68. The van der Waals surface area contributed by atoms with E-state index in [4.69, 9.17) is 4.52 Å². The highest BCUT2D eigenvalue weighted by atomic mass is 32.2. The third-order valence-electron chi connectivity index (χ3n) is 4.76. The van der Waals surface area contributed by atoms with Crippen LogP contribution in [0.2, 0.25) is 0 Å². The lowest BCUT2D eigenvalue weighted by Crippen LogP contribution is -2.48. The summed E-state index contributed by atoms with van der Waals surface area (Å²) in [6.45, 7) is 9.10. The smallest absolute Gasteiger partial charge is 0.218 e. The quantitative estimate of drug-likeness (QED) is 0.815. The van der Waals surface area contributed by atoms with Crippen LogP contribution in [0.4, 0.5) is 0 Å². The number of nitrogens with zero attached hydrogens (tertiary/aromatic N) is 3. The molecule has 0 spiro atoms. The molecule has 7 heteroatoms. The first-order valence-electron chi connectivity index (χ1n) is 8.52. The number of aryl methyl sites for hydroxylation is 3. The van der Waals surface area contributed by atoms with E-state index >= 15 is 0 Å². The zero-order chi connectivity index (χ0) is 18.0.